The van der Waals surface area contributed by atoms with Gasteiger partial charge in [-0.05, 0) is 25.7 Å². The second kappa shape index (κ2) is 5.15. The average Bonchev–Trinajstić information content (AvgIpc) is 2.02. The summed E-state index contributed by atoms with van der Waals surface area (Å²) in [5.41, 5.74) is 7.15. The summed E-state index contributed by atoms with van der Waals surface area (Å²) >= 11 is 0. The molecule has 0 aromatic heterocycles. The van der Waals surface area contributed by atoms with Gasteiger partial charge in [-0.1, -0.05) is 38.2 Å². The van der Waals surface area contributed by atoms with E-state index in [0.717, 1.165) is 0 Å². The molecule has 0 saturated carbocycles. The minimum Gasteiger partial charge on any atom is -0.324 e. The van der Waals surface area contributed by atoms with Crippen LogP contribution in [-0.2, 0) is 0 Å². The predicted octanol–water partition coefficient (Wildman–Crippen LogP) is 2.74. The molecule has 0 heterocycles. The van der Waals surface area contributed by atoms with Crippen molar-refractivity contribution in [2.75, 3.05) is 0 Å². The van der Waals surface area contributed by atoms with E-state index in [4.69, 9.17) is 5.73 Å². The molecule has 0 fully saturated rings. The Labute approximate surface area is 76.3 Å². The van der Waals surface area contributed by atoms with Gasteiger partial charge in [0.05, 0.1) is 0 Å². The lowest BCUT2D eigenvalue weighted by molar-refractivity contribution is 0.402. The van der Waals surface area contributed by atoms with Gasteiger partial charge in [0.1, 0.15) is 0 Å². The number of hydrogen-bond acceptors (Lipinski definition) is 1. The van der Waals surface area contributed by atoms with Crippen molar-refractivity contribution in [1.29, 1.82) is 0 Å². The van der Waals surface area contributed by atoms with Gasteiger partial charge in [0.2, 0.25) is 0 Å². The zero-order valence-electron chi connectivity index (χ0n) is 8.67. The minimum absolute atomic E-state index is 0.154. The summed E-state index contributed by atoms with van der Waals surface area (Å²) in [6.07, 6.45) is 4.05. The highest BCUT2D eigenvalue weighted by molar-refractivity contribution is 5.02. The molecule has 12 heavy (non-hydrogen) atoms. The molecule has 2 N–H and O–H groups in total. The molecule has 0 bridgehead atoms. The van der Waals surface area contributed by atoms with Gasteiger partial charge in [0.15, 0.2) is 0 Å². The third-order valence-corrected chi connectivity index (χ3v) is 2.59. The number of nitrogens with two attached hydrogens (primary N) is 1. The molecular formula is C11H21N. The Morgan fingerprint density at radius 1 is 1.42 bits per heavy atom. The maximum Gasteiger partial charge on any atom is 0.0255 e. The zero-order valence-corrected chi connectivity index (χ0v) is 8.67. The fourth-order valence-electron chi connectivity index (χ4n) is 1.18. The minimum atomic E-state index is 0.154. The Hall–Kier alpha value is -0.560. The van der Waals surface area contributed by atoms with Gasteiger partial charge in [-0.3, -0.25) is 0 Å². The molecule has 3 atom stereocenters. The quantitative estimate of drug-likeness (QED) is 0.640. The van der Waals surface area contributed by atoms with Crippen LogP contribution in [0.15, 0.2) is 24.3 Å². The Morgan fingerprint density at radius 2 is 1.92 bits per heavy atom. The highest BCUT2D eigenvalue weighted by Gasteiger charge is 2.17. The van der Waals surface area contributed by atoms with Crippen molar-refractivity contribution in [2.24, 2.45) is 17.6 Å². The molecule has 1 nitrogen and oxygen atoms in total. The number of rotatable bonds is 4. The van der Waals surface area contributed by atoms with Crippen LogP contribution in [0.5, 0.6) is 0 Å². The van der Waals surface area contributed by atoms with Crippen molar-refractivity contribution in [1.82, 2.24) is 0 Å². The van der Waals surface area contributed by atoms with Gasteiger partial charge in [-0.25, -0.2) is 0 Å². The summed E-state index contributed by atoms with van der Waals surface area (Å²) in [6, 6.07) is 0.154. The zero-order chi connectivity index (χ0) is 9.72. The normalized spacial score (nSPS) is 19.1. The average molecular weight is 167 g/mol. The Morgan fingerprint density at radius 3 is 2.25 bits per heavy atom. The van der Waals surface area contributed by atoms with Crippen molar-refractivity contribution >= 4 is 0 Å². The second-order valence-corrected chi connectivity index (χ2v) is 3.60. The summed E-state index contributed by atoms with van der Waals surface area (Å²) in [7, 11) is 0. The van der Waals surface area contributed by atoms with E-state index in [-0.39, 0.29) is 6.04 Å². The van der Waals surface area contributed by atoms with E-state index < -0.39 is 0 Å². The third-order valence-electron chi connectivity index (χ3n) is 2.59. The SMILES string of the molecule is C=C(C)C(C)C(C)C(N)/C=C\C. The third kappa shape index (κ3) is 3.22. The van der Waals surface area contributed by atoms with Gasteiger partial charge in [0.25, 0.3) is 0 Å². The maximum absolute atomic E-state index is 5.94. The smallest absolute Gasteiger partial charge is 0.0255 e. The summed E-state index contributed by atoms with van der Waals surface area (Å²) in [6.45, 7) is 12.3. The Kier molecular flexibility index (Phi) is 4.91. The molecule has 0 aromatic rings. The molecule has 0 radical (unpaired) electrons. The highest BCUT2D eigenvalue weighted by atomic mass is 14.6. The second-order valence-electron chi connectivity index (χ2n) is 3.60. The first-order valence-electron chi connectivity index (χ1n) is 4.54. The lowest BCUT2D eigenvalue weighted by Crippen LogP contribution is -2.30. The van der Waals surface area contributed by atoms with E-state index in [2.05, 4.69) is 27.4 Å². The van der Waals surface area contributed by atoms with Crippen molar-refractivity contribution in [3.8, 4) is 0 Å². The van der Waals surface area contributed by atoms with Crippen molar-refractivity contribution < 1.29 is 0 Å². The van der Waals surface area contributed by atoms with Crippen molar-refractivity contribution in [3.63, 3.8) is 0 Å². The molecule has 0 aliphatic rings. The largest absolute Gasteiger partial charge is 0.324 e. The van der Waals surface area contributed by atoms with Crippen LogP contribution in [0, 0.1) is 11.8 Å². The lowest BCUT2D eigenvalue weighted by atomic mass is 9.85. The number of allylic oxidation sites excluding steroid dienone is 2. The van der Waals surface area contributed by atoms with Crippen molar-refractivity contribution in [3.05, 3.63) is 24.3 Å². The molecule has 0 spiro atoms. The summed E-state index contributed by atoms with van der Waals surface area (Å²) in [5, 5.41) is 0. The molecule has 0 aliphatic heterocycles. The van der Waals surface area contributed by atoms with Gasteiger partial charge in [-0.2, -0.15) is 0 Å². The fourth-order valence-corrected chi connectivity index (χ4v) is 1.18. The standard InChI is InChI=1S/C11H21N/c1-6-7-11(12)10(5)9(4)8(2)3/h6-7,9-11H,2,12H2,1,3-5H3/b7-6-. The van der Waals surface area contributed by atoms with E-state index >= 15 is 0 Å². The molecule has 0 aromatic carbocycles. The molecule has 0 amide bonds. The van der Waals surface area contributed by atoms with Crippen molar-refractivity contribution in [2.45, 2.75) is 33.7 Å². The molecular weight excluding hydrogens is 146 g/mol. The van der Waals surface area contributed by atoms with E-state index in [1.165, 1.54) is 5.57 Å². The lowest BCUT2D eigenvalue weighted by Gasteiger charge is -2.24. The van der Waals surface area contributed by atoms with Crippen LogP contribution in [0.4, 0.5) is 0 Å². The molecule has 0 saturated heterocycles. The summed E-state index contributed by atoms with van der Waals surface area (Å²) in [5.74, 6) is 0.968. The molecule has 1 heteroatoms. The Balaban J connectivity index is 4.17. The first kappa shape index (κ1) is 11.4. The fraction of sp³-hybridized carbons (Fsp3) is 0.636. The van der Waals surface area contributed by atoms with Crippen LogP contribution in [0.1, 0.15) is 27.7 Å². The van der Waals surface area contributed by atoms with Crippen LogP contribution in [0.3, 0.4) is 0 Å². The molecule has 0 aliphatic carbocycles. The maximum atomic E-state index is 5.94. The Bertz CT molecular complexity index is 170. The molecule has 70 valence electrons. The summed E-state index contributed by atoms with van der Waals surface area (Å²) in [4.78, 5) is 0. The van der Waals surface area contributed by atoms with E-state index in [9.17, 15) is 0 Å². The van der Waals surface area contributed by atoms with Crippen LogP contribution < -0.4 is 5.73 Å². The molecule has 0 rings (SSSR count). The first-order chi connectivity index (χ1) is 5.50. The molecule has 3 unspecified atom stereocenters. The number of hydrogen-bond donors (Lipinski definition) is 1. The highest BCUT2D eigenvalue weighted by Crippen LogP contribution is 2.20. The van der Waals surface area contributed by atoms with Crippen LogP contribution in [-0.4, -0.2) is 6.04 Å². The topological polar surface area (TPSA) is 26.0 Å². The first-order valence-corrected chi connectivity index (χ1v) is 4.54. The van der Waals surface area contributed by atoms with E-state index in [0.29, 0.717) is 11.8 Å². The van der Waals surface area contributed by atoms with Gasteiger partial charge in [0, 0.05) is 6.04 Å². The monoisotopic (exact) mass is 167 g/mol. The van der Waals surface area contributed by atoms with Gasteiger partial charge < -0.3 is 5.73 Å². The van der Waals surface area contributed by atoms with E-state index in [1.54, 1.807) is 0 Å². The predicted molar refractivity (Wildman–Crippen MR) is 55.9 cm³/mol. The van der Waals surface area contributed by atoms with Crippen LogP contribution in [0.2, 0.25) is 0 Å². The van der Waals surface area contributed by atoms with E-state index in [1.807, 2.05) is 19.1 Å². The van der Waals surface area contributed by atoms with Crippen LogP contribution in [0.25, 0.3) is 0 Å². The van der Waals surface area contributed by atoms with Gasteiger partial charge >= 0.3 is 0 Å². The van der Waals surface area contributed by atoms with Gasteiger partial charge in [-0.15, -0.1) is 0 Å². The van der Waals surface area contributed by atoms with Crippen LogP contribution >= 0.6 is 0 Å². The summed E-state index contributed by atoms with van der Waals surface area (Å²) < 4.78 is 0.